The number of hydrogen-bond donors (Lipinski definition) is 1. The molecule has 0 aliphatic carbocycles. The van der Waals surface area contributed by atoms with Gasteiger partial charge in [0.05, 0.1) is 11.7 Å². The van der Waals surface area contributed by atoms with Gasteiger partial charge in [0, 0.05) is 18.3 Å². The molecule has 1 unspecified atom stereocenters. The van der Waals surface area contributed by atoms with E-state index >= 15 is 0 Å². The zero-order valence-corrected chi connectivity index (χ0v) is 9.83. The van der Waals surface area contributed by atoms with E-state index in [-0.39, 0.29) is 5.54 Å². The predicted octanol–water partition coefficient (Wildman–Crippen LogP) is 2.14. The lowest BCUT2D eigenvalue weighted by molar-refractivity contribution is 0.365. The highest BCUT2D eigenvalue weighted by atomic mass is 15.3. The monoisotopic (exact) mass is 195 g/mol. The molecule has 1 rings (SSSR count). The molecule has 1 atom stereocenters. The van der Waals surface area contributed by atoms with E-state index in [4.69, 9.17) is 0 Å². The largest absolute Gasteiger partial charge is 0.310 e. The molecule has 1 heterocycles. The van der Waals surface area contributed by atoms with Crippen LogP contribution in [0.2, 0.25) is 0 Å². The molecule has 0 amide bonds. The first-order chi connectivity index (χ1) is 6.38. The Morgan fingerprint density at radius 3 is 2.57 bits per heavy atom. The second kappa shape index (κ2) is 4.13. The molecule has 14 heavy (non-hydrogen) atoms. The van der Waals surface area contributed by atoms with E-state index in [0.29, 0.717) is 6.04 Å². The van der Waals surface area contributed by atoms with E-state index in [1.807, 2.05) is 23.9 Å². The van der Waals surface area contributed by atoms with Crippen LogP contribution in [0.5, 0.6) is 0 Å². The molecule has 0 saturated heterocycles. The van der Waals surface area contributed by atoms with Gasteiger partial charge in [0.25, 0.3) is 0 Å². The summed E-state index contributed by atoms with van der Waals surface area (Å²) in [5.41, 5.74) is 1.25. The Bertz CT molecular complexity index is 283. The predicted molar refractivity (Wildman–Crippen MR) is 59.4 cm³/mol. The standard InChI is InChI=1S/C11H21N3/c1-9-6-7-14(13-9)10(2)8-12-11(3,4)5/h6-7,10,12H,8H2,1-5H3. The third-order valence-electron chi connectivity index (χ3n) is 2.12. The second-order valence-corrected chi connectivity index (χ2v) is 4.92. The number of hydrogen-bond acceptors (Lipinski definition) is 2. The molecule has 80 valence electrons. The van der Waals surface area contributed by atoms with Gasteiger partial charge in [0.15, 0.2) is 0 Å². The molecule has 0 saturated carbocycles. The summed E-state index contributed by atoms with van der Waals surface area (Å²) in [5.74, 6) is 0. The topological polar surface area (TPSA) is 29.9 Å². The zero-order chi connectivity index (χ0) is 10.8. The average Bonchev–Trinajstić information content (AvgIpc) is 2.46. The van der Waals surface area contributed by atoms with Gasteiger partial charge in [-0.2, -0.15) is 5.10 Å². The first kappa shape index (κ1) is 11.2. The Morgan fingerprint density at radius 1 is 1.50 bits per heavy atom. The lowest BCUT2D eigenvalue weighted by Gasteiger charge is -2.23. The highest BCUT2D eigenvalue weighted by Crippen LogP contribution is 2.06. The SMILES string of the molecule is Cc1ccn(C(C)CNC(C)(C)C)n1. The van der Waals surface area contributed by atoms with Gasteiger partial charge in [-0.25, -0.2) is 0 Å². The van der Waals surface area contributed by atoms with E-state index < -0.39 is 0 Å². The van der Waals surface area contributed by atoms with Crippen molar-refractivity contribution in [2.45, 2.75) is 46.2 Å². The van der Waals surface area contributed by atoms with Crippen molar-refractivity contribution in [2.24, 2.45) is 0 Å². The smallest absolute Gasteiger partial charge is 0.0615 e. The van der Waals surface area contributed by atoms with Crippen LogP contribution in [0.4, 0.5) is 0 Å². The maximum absolute atomic E-state index is 4.39. The Balaban J connectivity index is 2.47. The van der Waals surface area contributed by atoms with E-state index in [9.17, 15) is 0 Å². The molecule has 0 aromatic carbocycles. The van der Waals surface area contributed by atoms with Crippen molar-refractivity contribution < 1.29 is 0 Å². The molecule has 3 nitrogen and oxygen atoms in total. The summed E-state index contributed by atoms with van der Waals surface area (Å²) in [5, 5.41) is 7.86. The lowest BCUT2D eigenvalue weighted by atomic mass is 10.1. The van der Waals surface area contributed by atoms with Gasteiger partial charge >= 0.3 is 0 Å². The molecule has 0 fully saturated rings. The quantitative estimate of drug-likeness (QED) is 0.801. The van der Waals surface area contributed by atoms with Crippen LogP contribution in [0.3, 0.4) is 0 Å². The van der Waals surface area contributed by atoms with Crippen LogP contribution in [0.25, 0.3) is 0 Å². The van der Waals surface area contributed by atoms with Gasteiger partial charge in [-0.05, 0) is 40.7 Å². The van der Waals surface area contributed by atoms with Crippen LogP contribution in [0, 0.1) is 6.92 Å². The van der Waals surface area contributed by atoms with Gasteiger partial charge < -0.3 is 5.32 Å². The van der Waals surface area contributed by atoms with Crippen molar-refractivity contribution in [1.29, 1.82) is 0 Å². The summed E-state index contributed by atoms with van der Waals surface area (Å²) in [6.45, 7) is 11.7. The van der Waals surface area contributed by atoms with Crippen molar-refractivity contribution in [2.75, 3.05) is 6.54 Å². The maximum atomic E-state index is 4.39. The van der Waals surface area contributed by atoms with Gasteiger partial charge in [-0.15, -0.1) is 0 Å². The average molecular weight is 195 g/mol. The van der Waals surface area contributed by atoms with Crippen molar-refractivity contribution in [1.82, 2.24) is 15.1 Å². The Hall–Kier alpha value is -0.830. The van der Waals surface area contributed by atoms with Gasteiger partial charge in [-0.3, -0.25) is 4.68 Å². The molecule has 1 N–H and O–H groups in total. The molecule has 1 aromatic rings. The Kier molecular flexibility index (Phi) is 3.32. The summed E-state index contributed by atoms with van der Waals surface area (Å²) in [6, 6.07) is 2.44. The van der Waals surface area contributed by atoms with Crippen LogP contribution >= 0.6 is 0 Å². The fourth-order valence-electron chi connectivity index (χ4n) is 1.23. The molecule has 3 heteroatoms. The molecule has 0 radical (unpaired) electrons. The molecule has 1 aromatic heterocycles. The third-order valence-corrected chi connectivity index (χ3v) is 2.12. The Labute approximate surface area is 86.5 Å². The van der Waals surface area contributed by atoms with E-state index in [1.54, 1.807) is 0 Å². The van der Waals surface area contributed by atoms with Crippen LogP contribution in [-0.2, 0) is 0 Å². The Morgan fingerprint density at radius 2 is 2.14 bits per heavy atom. The van der Waals surface area contributed by atoms with Crippen LogP contribution in [0.1, 0.15) is 39.4 Å². The number of aryl methyl sites for hydroxylation is 1. The minimum atomic E-state index is 0.177. The highest BCUT2D eigenvalue weighted by molar-refractivity contribution is 4.96. The van der Waals surface area contributed by atoms with Gasteiger partial charge in [-0.1, -0.05) is 0 Å². The molecular formula is C11H21N3. The van der Waals surface area contributed by atoms with Crippen molar-refractivity contribution in [3.8, 4) is 0 Å². The third kappa shape index (κ3) is 3.50. The first-order valence-electron chi connectivity index (χ1n) is 5.15. The number of nitrogens with one attached hydrogen (secondary N) is 1. The second-order valence-electron chi connectivity index (χ2n) is 4.92. The van der Waals surface area contributed by atoms with Gasteiger partial charge in [0.1, 0.15) is 0 Å². The molecule has 0 aliphatic rings. The molecule has 0 spiro atoms. The fourth-order valence-corrected chi connectivity index (χ4v) is 1.23. The van der Waals surface area contributed by atoms with Crippen molar-refractivity contribution in [3.63, 3.8) is 0 Å². The zero-order valence-electron chi connectivity index (χ0n) is 9.83. The molecule has 0 bridgehead atoms. The normalized spacial score (nSPS) is 14.4. The van der Waals surface area contributed by atoms with Crippen molar-refractivity contribution >= 4 is 0 Å². The minimum Gasteiger partial charge on any atom is -0.310 e. The number of rotatable bonds is 3. The maximum Gasteiger partial charge on any atom is 0.0615 e. The number of nitrogens with zero attached hydrogens (tertiary/aromatic N) is 2. The summed E-state index contributed by atoms with van der Waals surface area (Å²) in [4.78, 5) is 0. The summed E-state index contributed by atoms with van der Waals surface area (Å²) < 4.78 is 2.01. The van der Waals surface area contributed by atoms with E-state index in [0.717, 1.165) is 12.2 Å². The summed E-state index contributed by atoms with van der Waals surface area (Å²) >= 11 is 0. The highest BCUT2D eigenvalue weighted by Gasteiger charge is 2.12. The molecular weight excluding hydrogens is 174 g/mol. The van der Waals surface area contributed by atoms with Crippen LogP contribution in [0.15, 0.2) is 12.3 Å². The van der Waals surface area contributed by atoms with Gasteiger partial charge in [0.2, 0.25) is 0 Å². The first-order valence-corrected chi connectivity index (χ1v) is 5.15. The minimum absolute atomic E-state index is 0.177. The van der Waals surface area contributed by atoms with Crippen LogP contribution < -0.4 is 5.32 Å². The van der Waals surface area contributed by atoms with E-state index in [1.165, 1.54) is 0 Å². The molecule has 0 aliphatic heterocycles. The lowest BCUT2D eigenvalue weighted by Crippen LogP contribution is -2.39. The van der Waals surface area contributed by atoms with E-state index in [2.05, 4.69) is 38.1 Å². The summed E-state index contributed by atoms with van der Waals surface area (Å²) in [6.07, 6.45) is 2.03. The number of aromatic nitrogens is 2. The summed E-state index contributed by atoms with van der Waals surface area (Å²) in [7, 11) is 0. The van der Waals surface area contributed by atoms with Crippen molar-refractivity contribution in [3.05, 3.63) is 18.0 Å². The fraction of sp³-hybridized carbons (Fsp3) is 0.727. The van der Waals surface area contributed by atoms with Crippen LogP contribution in [-0.4, -0.2) is 21.9 Å².